The van der Waals surface area contributed by atoms with E-state index in [2.05, 4.69) is 10.6 Å². The summed E-state index contributed by atoms with van der Waals surface area (Å²) in [5.41, 5.74) is 0. The van der Waals surface area contributed by atoms with Crippen molar-refractivity contribution < 1.29 is 29.1 Å². The number of carbonyl (C=O) groups excluding carboxylic acids is 4. The molecule has 0 bridgehead atoms. The Morgan fingerprint density at radius 3 is 1.90 bits per heavy atom. The second-order valence-electron chi connectivity index (χ2n) is 7.04. The number of thioether (sulfide) groups is 2. The molecule has 0 aliphatic carbocycles. The molecule has 1 atom stereocenters. The van der Waals surface area contributed by atoms with Gasteiger partial charge in [0.15, 0.2) is 0 Å². The number of amides is 4. The van der Waals surface area contributed by atoms with Crippen molar-refractivity contribution >= 4 is 53.1 Å². The van der Waals surface area contributed by atoms with Crippen LogP contribution in [0.25, 0.3) is 0 Å². The number of nitrogens with one attached hydrogen (secondary N) is 2. The van der Waals surface area contributed by atoms with Gasteiger partial charge < -0.3 is 25.5 Å². The van der Waals surface area contributed by atoms with Crippen molar-refractivity contribution in [2.75, 3.05) is 42.6 Å². The molecule has 2 aliphatic rings. The summed E-state index contributed by atoms with van der Waals surface area (Å²) < 4.78 is 0. The number of carbonyl (C=O) groups is 5. The third-order valence-electron chi connectivity index (χ3n) is 4.65. The molecule has 2 saturated heterocycles. The molecule has 2 rings (SSSR count). The molecule has 10 nitrogen and oxygen atoms in total. The number of carboxylic acid groups (broad SMARTS) is 1. The predicted octanol–water partition coefficient (Wildman–Crippen LogP) is -0.293. The maximum Gasteiger partial charge on any atom is 0.328 e. The fourth-order valence-electron chi connectivity index (χ4n) is 3.02. The van der Waals surface area contributed by atoms with Crippen LogP contribution in [0.15, 0.2) is 0 Å². The van der Waals surface area contributed by atoms with Gasteiger partial charge in [-0.25, -0.2) is 4.79 Å². The first-order valence-electron chi connectivity index (χ1n) is 10.1. The minimum atomic E-state index is -1.23. The molecule has 172 valence electrons. The monoisotopic (exact) mass is 472 g/mol. The van der Waals surface area contributed by atoms with E-state index >= 15 is 0 Å². The number of likely N-dealkylation sites (tertiary alicyclic amines) is 2. The van der Waals surface area contributed by atoms with Crippen molar-refractivity contribution in [2.45, 2.75) is 31.7 Å². The first kappa shape index (κ1) is 25.3. The summed E-state index contributed by atoms with van der Waals surface area (Å²) in [5, 5.41) is 14.2. The molecular weight excluding hydrogens is 444 g/mol. The minimum Gasteiger partial charge on any atom is -0.480 e. The lowest BCUT2D eigenvalue weighted by atomic mass is 10.3. The highest BCUT2D eigenvalue weighted by Crippen LogP contribution is 2.14. The van der Waals surface area contributed by atoms with Crippen LogP contribution in [-0.2, 0) is 24.0 Å². The lowest BCUT2D eigenvalue weighted by Crippen LogP contribution is -2.49. The summed E-state index contributed by atoms with van der Waals surface area (Å²) in [6.07, 6.45) is 2.78. The summed E-state index contributed by atoms with van der Waals surface area (Å²) in [7, 11) is 0. The largest absolute Gasteiger partial charge is 0.480 e. The van der Waals surface area contributed by atoms with Crippen LogP contribution in [0.4, 0.5) is 0 Å². The van der Waals surface area contributed by atoms with Gasteiger partial charge in [-0.3, -0.25) is 19.2 Å². The van der Waals surface area contributed by atoms with E-state index in [1.165, 1.54) is 23.5 Å². The van der Waals surface area contributed by atoms with E-state index in [0.717, 1.165) is 12.8 Å². The molecule has 0 aromatic heterocycles. The van der Waals surface area contributed by atoms with Gasteiger partial charge in [-0.05, 0) is 12.8 Å². The Bertz CT molecular complexity index is 678. The molecule has 31 heavy (non-hydrogen) atoms. The van der Waals surface area contributed by atoms with Crippen LogP contribution in [0.1, 0.15) is 25.7 Å². The quantitative estimate of drug-likeness (QED) is 0.293. The van der Waals surface area contributed by atoms with Gasteiger partial charge in [0.05, 0.1) is 24.6 Å². The number of hydrogen-bond donors (Lipinski definition) is 3. The van der Waals surface area contributed by atoms with Gasteiger partial charge in [0.25, 0.3) is 0 Å². The number of carboxylic acids is 1. The van der Waals surface area contributed by atoms with Crippen molar-refractivity contribution in [1.82, 2.24) is 20.4 Å². The number of hydrogen-bond acceptors (Lipinski definition) is 7. The highest BCUT2D eigenvalue weighted by Gasteiger charge is 2.23. The maximum atomic E-state index is 12.0. The predicted molar refractivity (Wildman–Crippen MR) is 118 cm³/mol. The van der Waals surface area contributed by atoms with E-state index in [-0.39, 0.29) is 35.8 Å². The lowest BCUT2D eigenvalue weighted by molar-refractivity contribution is -0.141. The van der Waals surface area contributed by atoms with Gasteiger partial charge in [0, 0.05) is 44.0 Å². The molecule has 2 radical (unpaired) electrons. The average molecular weight is 473 g/mol. The van der Waals surface area contributed by atoms with E-state index in [9.17, 15) is 29.1 Å². The SMILES string of the molecule is O=C(CSC[CH]N1CCCC1=O)NCC(NC(=O)CSC[CH]N1CCCC1=O)C(=O)O. The summed E-state index contributed by atoms with van der Waals surface area (Å²) in [4.78, 5) is 61.5. The first-order chi connectivity index (χ1) is 14.9. The van der Waals surface area contributed by atoms with Gasteiger partial charge >= 0.3 is 5.97 Å². The van der Waals surface area contributed by atoms with Crippen LogP contribution in [0.3, 0.4) is 0 Å². The molecule has 0 aromatic carbocycles. The molecule has 4 amide bonds. The van der Waals surface area contributed by atoms with Gasteiger partial charge in [0.2, 0.25) is 23.6 Å². The highest BCUT2D eigenvalue weighted by molar-refractivity contribution is 8.00. The molecule has 2 heterocycles. The molecule has 0 spiro atoms. The van der Waals surface area contributed by atoms with Crippen molar-refractivity contribution in [2.24, 2.45) is 0 Å². The fraction of sp³-hybridized carbons (Fsp3) is 0.632. The van der Waals surface area contributed by atoms with Crippen LogP contribution >= 0.6 is 23.5 Å². The van der Waals surface area contributed by atoms with Crippen molar-refractivity contribution in [3.63, 3.8) is 0 Å². The molecule has 12 heteroatoms. The molecule has 2 aliphatic heterocycles. The van der Waals surface area contributed by atoms with E-state index in [1.54, 1.807) is 22.9 Å². The number of rotatable bonds is 14. The summed E-state index contributed by atoms with van der Waals surface area (Å²) in [6, 6.07) is -1.22. The molecule has 0 aromatic rings. The molecule has 2 fully saturated rings. The Balaban J connectivity index is 1.56. The Labute approximate surface area is 190 Å². The Kier molecular flexibility index (Phi) is 11.0. The molecule has 3 N–H and O–H groups in total. The van der Waals surface area contributed by atoms with Gasteiger partial charge in [-0.15, -0.1) is 23.5 Å². The van der Waals surface area contributed by atoms with Crippen molar-refractivity contribution in [3.05, 3.63) is 13.1 Å². The minimum absolute atomic E-state index is 0.0527. The van der Waals surface area contributed by atoms with Crippen LogP contribution in [-0.4, -0.2) is 93.2 Å². The average Bonchev–Trinajstić information content (AvgIpc) is 3.33. The molecule has 1 unspecified atom stereocenters. The highest BCUT2D eigenvalue weighted by atomic mass is 32.2. The van der Waals surface area contributed by atoms with Crippen molar-refractivity contribution in [1.29, 1.82) is 0 Å². The third kappa shape index (κ3) is 9.38. The third-order valence-corrected chi connectivity index (χ3v) is 6.35. The van der Waals surface area contributed by atoms with E-state index in [1.807, 2.05) is 0 Å². The second-order valence-corrected chi connectivity index (χ2v) is 9.10. The van der Waals surface area contributed by atoms with E-state index < -0.39 is 17.9 Å². The maximum absolute atomic E-state index is 12.0. The van der Waals surface area contributed by atoms with Crippen LogP contribution in [0, 0.1) is 13.1 Å². The van der Waals surface area contributed by atoms with Crippen LogP contribution < -0.4 is 10.6 Å². The van der Waals surface area contributed by atoms with Gasteiger partial charge in [0.1, 0.15) is 6.04 Å². The second kappa shape index (κ2) is 13.5. The van der Waals surface area contributed by atoms with Crippen LogP contribution in [0.2, 0.25) is 0 Å². The summed E-state index contributed by atoms with van der Waals surface area (Å²) in [6.45, 7) is 4.70. The smallest absolute Gasteiger partial charge is 0.328 e. The normalized spacial score (nSPS) is 17.2. The topological polar surface area (TPSA) is 136 Å². The Hall–Kier alpha value is -1.95. The van der Waals surface area contributed by atoms with E-state index in [0.29, 0.717) is 37.4 Å². The van der Waals surface area contributed by atoms with Crippen molar-refractivity contribution in [3.8, 4) is 0 Å². The summed E-state index contributed by atoms with van der Waals surface area (Å²) in [5.74, 6) is -0.700. The molecular formula is C19H28N4O6S2. The molecule has 0 saturated carbocycles. The van der Waals surface area contributed by atoms with Gasteiger partial charge in [-0.2, -0.15) is 0 Å². The lowest BCUT2D eigenvalue weighted by Gasteiger charge is -2.16. The summed E-state index contributed by atoms with van der Waals surface area (Å²) >= 11 is 2.59. The standard InChI is InChI=1S/C19H28N4O6S2/c24-15(12-30-9-7-22-5-1-3-17(22)26)20-11-14(19(28)29)21-16(25)13-31-10-8-23-6-2-4-18(23)27/h7-8,14H,1-6,9-13H2,(H,20,24)(H,21,25)(H,28,29). The zero-order valence-electron chi connectivity index (χ0n) is 17.2. The zero-order valence-corrected chi connectivity index (χ0v) is 18.8. The van der Waals surface area contributed by atoms with E-state index in [4.69, 9.17) is 0 Å². The van der Waals surface area contributed by atoms with Gasteiger partial charge in [-0.1, -0.05) is 0 Å². The van der Waals surface area contributed by atoms with Crippen LogP contribution in [0.5, 0.6) is 0 Å². The number of nitrogens with zero attached hydrogens (tertiary/aromatic N) is 2. The Morgan fingerprint density at radius 2 is 1.45 bits per heavy atom. The number of aliphatic carboxylic acids is 1. The zero-order chi connectivity index (χ0) is 22.6. The Morgan fingerprint density at radius 1 is 0.935 bits per heavy atom. The first-order valence-corrected chi connectivity index (χ1v) is 12.4. The fourth-order valence-corrected chi connectivity index (χ4v) is 4.38.